The average Bonchev–Trinajstić information content (AvgIpc) is 2.17. The minimum absolute atomic E-state index is 0.0898. The third kappa shape index (κ3) is 4.33. The molecule has 2 N–H and O–H groups in total. The second kappa shape index (κ2) is 4.98. The Labute approximate surface area is 98.7 Å². The van der Waals surface area contributed by atoms with Crippen molar-refractivity contribution in [2.24, 2.45) is 0 Å². The Kier molecular flexibility index (Phi) is 4.11. The van der Waals surface area contributed by atoms with Crippen LogP contribution in [-0.2, 0) is 5.41 Å². The molecule has 0 aromatic heterocycles. The van der Waals surface area contributed by atoms with E-state index in [4.69, 9.17) is 0 Å². The Bertz CT molecular complexity index is 311. The Hall–Kier alpha value is -0.860. The minimum Gasteiger partial charge on any atom is -0.389 e. The summed E-state index contributed by atoms with van der Waals surface area (Å²) in [6.45, 7) is 9.52. The maximum absolute atomic E-state index is 9.62. The molecule has 1 aromatic carbocycles. The Morgan fingerprint density at radius 1 is 1.00 bits per heavy atom. The number of aliphatic hydroxyl groups is 1. The molecule has 2 nitrogen and oxygen atoms in total. The smallest absolute Gasteiger partial charge is 0.0715 e. The normalized spacial score (nSPS) is 12.8. The molecule has 90 valence electrons. The number of nitrogens with one attached hydrogen (secondary N) is 1. The molecule has 1 rings (SSSR count). The van der Waals surface area contributed by atoms with Crippen molar-refractivity contribution in [3.05, 3.63) is 35.9 Å². The summed E-state index contributed by atoms with van der Waals surface area (Å²) >= 11 is 0. The highest BCUT2D eigenvalue weighted by atomic mass is 16.3. The molecule has 0 fully saturated rings. The lowest BCUT2D eigenvalue weighted by Gasteiger charge is -2.28. The number of rotatable bonds is 5. The van der Waals surface area contributed by atoms with E-state index in [9.17, 15) is 5.11 Å². The van der Waals surface area contributed by atoms with Crippen LogP contribution in [-0.4, -0.2) is 23.8 Å². The van der Waals surface area contributed by atoms with E-state index in [0.717, 1.165) is 6.54 Å². The first-order valence-electron chi connectivity index (χ1n) is 5.80. The van der Waals surface area contributed by atoms with Crippen LogP contribution < -0.4 is 5.32 Å². The molecule has 0 aliphatic rings. The van der Waals surface area contributed by atoms with Gasteiger partial charge in [-0.05, 0) is 19.4 Å². The minimum atomic E-state index is -0.646. The molecular weight excluding hydrogens is 198 g/mol. The summed E-state index contributed by atoms with van der Waals surface area (Å²) in [6.07, 6.45) is 0. The Morgan fingerprint density at radius 2 is 1.56 bits per heavy atom. The lowest BCUT2D eigenvalue weighted by Crippen LogP contribution is -2.41. The van der Waals surface area contributed by atoms with Gasteiger partial charge in [-0.15, -0.1) is 0 Å². The SMILES string of the molecule is CC(C)(O)CNCC(C)(C)c1ccccc1. The van der Waals surface area contributed by atoms with Crippen LogP contribution in [0, 0.1) is 0 Å². The molecule has 0 aliphatic carbocycles. The maximum atomic E-state index is 9.62. The molecule has 16 heavy (non-hydrogen) atoms. The summed E-state index contributed by atoms with van der Waals surface area (Å²) in [5.74, 6) is 0. The summed E-state index contributed by atoms with van der Waals surface area (Å²) in [6, 6.07) is 10.4. The van der Waals surface area contributed by atoms with Gasteiger partial charge in [-0.1, -0.05) is 44.2 Å². The van der Waals surface area contributed by atoms with Crippen LogP contribution in [0.5, 0.6) is 0 Å². The van der Waals surface area contributed by atoms with Gasteiger partial charge in [-0.3, -0.25) is 0 Å². The van der Waals surface area contributed by atoms with Crippen molar-refractivity contribution in [2.75, 3.05) is 13.1 Å². The van der Waals surface area contributed by atoms with Gasteiger partial charge in [0.05, 0.1) is 5.60 Å². The van der Waals surface area contributed by atoms with E-state index in [1.165, 1.54) is 5.56 Å². The first kappa shape index (κ1) is 13.2. The standard InChI is InChI=1S/C14H23NO/c1-13(2,10-15-11-14(3,4)16)12-8-6-5-7-9-12/h5-9,15-16H,10-11H2,1-4H3. The molecular formula is C14H23NO. The molecule has 0 radical (unpaired) electrons. The van der Waals surface area contributed by atoms with Crippen molar-refractivity contribution >= 4 is 0 Å². The van der Waals surface area contributed by atoms with Gasteiger partial charge in [-0.2, -0.15) is 0 Å². The van der Waals surface area contributed by atoms with E-state index >= 15 is 0 Å². The monoisotopic (exact) mass is 221 g/mol. The Balaban J connectivity index is 2.53. The maximum Gasteiger partial charge on any atom is 0.0715 e. The van der Waals surface area contributed by atoms with E-state index in [-0.39, 0.29) is 5.41 Å². The second-order valence-corrected chi connectivity index (χ2v) is 5.67. The summed E-state index contributed by atoms with van der Waals surface area (Å²) in [5.41, 5.74) is 0.762. The van der Waals surface area contributed by atoms with Crippen molar-refractivity contribution in [1.82, 2.24) is 5.32 Å². The third-order valence-electron chi connectivity index (χ3n) is 2.68. The van der Waals surface area contributed by atoms with Crippen molar-refractivity contribution < 1.29 is 5.11 Å². The quantitative estimate of drug-likeness (QED) is 0.800. The first-order valence-corrected chi connectivity index (χ1v) is 5.80. The lowest BCUT2D eigenvalue weighted by atomic mass is 9.84. The second-order valence-electron chi connectivity index (χ2n) is 5.67. The van der Waals surface area contributed by atoms with Crippen LogP contribution >= 0.6 is 0 Å². The third-order valence-corrected chi connectivity index (χ3v) is 2.68. The van der Waals surface area contributed by atoms with E-state index in [1.807, 2.05) is 19.9 Å². The van der Waals surface area contributed by atoms with Gasteiger partial charge in [0.15, 0.2) is 0 Å². The first-order chi connectivity index (χ1) is 7.31. The average molecular weight is 221 g/mol. The fourth-order valence-electron chi connectivity index (χ4n) is 1.67. The van der Waals surface area contributed by atoms with Gasteiger partial charge in [0.1, 0.15) is 0 Å². The van der Waals surface area contributed by atoms with Gasteiger partial charge in [0, 0.05) is 18.5 Å². The molecule has 0 atom stereocenters. The molecule has 0 saturated carbocycles. The predicted molar refractivity (Wildman–Crippen MR) is 68.6 cm³/mol. The largest absolute Gasteiger partial charge is 0.389 e. The predicted octanol–water partition coefficient (Wildman–Crippen LogP) is 2.32. The molecule has 0 spiro atoms. The van der Waals surface area contributed by atoms with Gasteiger partial charge >= 0.3 is 0 Å². The van der Waals surface area contributed by atoms with Crippen LogP contribution in [0.2, 0.25) is 0 Å². The molecule has 0 unspecified atom stereocenters. The molecule has 1 aromatic rings. The van der Waals surface area contributed by atoms with E-state index in [1.54, 1.807) is 0 Å². The van der Waals surface area contributed by atoms with Crippen LogP contribution in [0.25, 0.3) is 0 Å². The summed E-state index contributed by atoms with van der Waals surface area (Å²) < 4.78 is 0. The molecule has 0 saturated heterocycles. The zero-order valence-corrected chi connectivity index (χ0v) is 10.7. The molecule has 0 heterocycles. The van der Waals surface area contributed by atoms with Crippen LogP contribution in [0.15, 0.2) is 30.3 Å². The number of benzene rings is 1. The van der Waals surface area contributed by atoms with Crippen molar-refractivity contribution in [3.63, 3.8) is 0 Å². The van der Waals surface area contributed by atoms with Crippen molar-refractivity contribution in [2.45, 2.75) is 38.7 Å². The van der Waals surface area contributed by atoms with Crippen LogP contribution in [0.1, 0.15) is 33.3 Å². The molecule has 0 bridgehead atoms. The highest BCUT2D eigenvalue weighted by molar-refractivity contribution is 5.23. The topological polar surface area (TPSA) is 32.3 Å². The highest BCUT2D eigenvalue weighted by Crippen LogP contribution is 2.21. The molecule has 2 heteroatoms. The highest BCUT2D eigenvalue weighted by Gasteiger charge is 2.21. The fourth-order valence-corrected chi connectivity index (χ4v) is 1.67. The van der Waals surface area contributed by atoms with E-state index in [0.29, 0.717) is 6.54 Å². The zero-order chi connectivity index (χ0) is 12.2. The van der Waals surface area contributed by atoms with Crippen molar-refractivity contribution in [1.29, 1.82) is 0 Å². The van der Waals surface area contributed by atoms with Gasteiger partial charge < -0.3 is 10.4 Å². The van der Waals surface area contributed by atoms with Gasteiger partial charge in [-0.25, -0.2) is 0 Å². The van der Waals surface area contributed by atoms with Crippen LogP contribution in [0.3, 0.4) is 0 Å². The van der Waals surface area contributed by atoms with Gasteiger partial charge in [0.2, 0.25) is 0 Å². The van der Waals surface area contributed by atoms with Gasteiger partial charge in [0.25, 0.3) is 0 Å². The fraction of sp³-hybridized carbons (Fsp3) is 0.571. The number of hydrogen-bond donors (Lipinski definition) is 2. The summed E-state index contributed by atoms with van der Waals surface area (Å²) in [4.78, 5) is 0. The van der Waals surface area contributed by atoms with Crippen molar-refractivity contribution in [3.8, 4) is 0 Å². The zero-order valence-electron chi connectivity index (χ0n) is 10.7. The summed E-state index contributed by atoms with van der Waals surface area (Å²) in [5, 5.41) is 12.9. The van der Waals surface area contributed by atoms with Crippen LogP contribution in [0.4, 0.5) is 0 Å². The summed E-state index contributed by atoms with van der Waals surface area (Å²) in [7, 11) is 0. The number of hydrogen-bond acceptors (Lipinski definition) is 2. The lowest BCUT2D eigenvalue weighted by molar-refractivity contribution is 0.0785. The Morgan fingerprint density at radius 3 is 2.06 bits per heavy atom. The van der Waals surface area contributed by atoms with E-state index in [2.05, 4.69) is 43.4 Å². The molecule has 0 aliphatic heterocycles. The molecule has 0 amide bonds. The van der Waals surface area contributed by atoms with E-state index < -0.39 is 5.60 Å².